The lowest BCUT2D eigenvalue weighted by atomic mass is 10.1. The molecule has 7 heteroatoms. The monoisotopic (exact) mass is 358 g/mol. The van der Waals surface area contributed by atoms with Gasteiger partial charge in [-0.25, -0.2) is 4.39 Å². The predicted octanol–water partition coefficient (Wildman–Crippen LogP) is 1.74. The second-order valence-corrected chi connectivity index (χ2v) is 6.05. The summed E-state index contributed by atoms with van der Waals surface area (Å²) in [5, 5.41) is 3.17. The fourth-order valence-corrected chi connectivity index (χ4v) is 3.05. The Morgan fingerprint density at radius 2 is 2.21 bits per heavy atom. The van der Waals surface area contributed by atoms with Gasteiger partial charge >= 0.3 is 0 Å². The highest BCUT2D eigenvalue weighted by Crippen LogP contribution is 2.17. The van der Waals surface area contributed by atoms with Gasteiger partial charge in [-0.1, -0.05) is 12.1 Å². The quantitative estimate of drug-likeness (QED) is 0.871. The van der Waals surface area contributed by atoms with Crippen molar-refractivity contribution in [3.8, 4) is 0 Å². The highest BCUT2D eigenvalue weighted by molar-refractivity contribution is 5.85. The van der Waals surface area contributed by atoms with Gasteiger partial charge in [0.2, 0.25) is 0 Å². The van der Waals surface area contributed by atoms with Crippen molar-refractivity contribution in [2.24, 2.45) is 0 Å². The summed E-state index contributed by atoms with van der Waals surface area (Å²) in [6.07, 6.45) is 1.56. The standard InChI is InChI=1S/C17H23FN2O3.ClH/c18-14-4-1-3-13(9-14)11-20(12-15-5-2-7-22-15)17(21)16-10-19-6-8-23-16;/h1,3-4,9,15-16,19H,2,5-8,10-12H2;1H. The van der Waals surface area contributed by atoms with Crippen LogP contribution in [0.5, 0.6) is 0 Å². The number of amides is 1. The molecule has 0 spiro atoms. The summed E-state index contributed by atoms with van der Waals surface area (Å²) < 4.78 is 24.7. The number of hydrogen-bond acceptors (Lipinski definition) is 4. The maximum atomic E-state index is 13.4. The van der Waals surface area contributed by atoms with Crippen LogP contribution in [0.2, 0.25) is 0 Å². The predicted molar refractivity (Wildman–Crippen MR) is 90.6 cm³/mol. The third-order valence-electron chi connectivity index (χ3n) is 4.23. The zero-order valence-electron chi connectivity index (χ0n) is 13.6. The minimum atomic E-state index is -0.473. The van der Waals surface area contributed by atoms with Crippen molar-refractivity contribution in [3.63, 3.8) is 0 Å². The highest BCUT2D eigenvalue weighted by atomic mass is 35.5. The number of carbonyl (C=O) groups excluding carboxylic acids is 1. The summed E-state index contributed by atoms with van der Waals surface area (Å²) in [7, 11) is 0. The molecule has 1 N–H and O–H groups in total. The Kier molecular flexibility index (Phi) is 7.42. The van der Waals surface area contributed by atoms with Gasteiger partial charge in [-0.15, -0.1) is 12.4 Å². The van der Waals surface area contributed by atoms with E-state index < -0.39 is 6.10 Å². The van der Waals surface area contributed by atoms with Gasteiger partial charge in [0.25, 0.3) is 5.91 Å². The van der Waals surface area contributed by atoms with Gasteiger partial charge in [-0.3, -0.25) is 4.79 Å². The van der Waals surface area contributed by atoms with E-state index in [-0.39, 0.29) is 30.2 Å². The molecule has 2 unspecified atom stereocenters. The largest absolute Gasteiger partial charge is 0.376 e. The van der Waals surface area contributed by atoms with Crippen molar-refractivity contribution in [1.29, 1.82) is 0 Å². The molecule has 0 bridgehead atoms. The fourth-order valence-electron chi connectivity index (χ4n) is 3.05. The molecule has 0 aromatic heterocycles. The number of carbonyl (C=O) groups is 1. The number of rotatable bonds is 5. The van der Waals surface area contributed by atoms with Crippen LogP contribution < -0.4 is 5.32 Å². The molecule has 5 nitrogen and oxygen atoms in total. The maximum absolute atomic E-state index is 13.4. The molecular formula is C17H24ClFN2O3. The lowest BCUT2D eigenvalue weighted by Crippen LogP contribution is -2.50. The Hall–Kier alpha value is -1.21. The van der Waals surface area contributed by atoms with Crippen molar-refractivity contribution in [2.75, 3.05) is 32.8 Å². The molecule has 0 aliphatic carbocycles. The normalized spacial score (nSPS) is 23.5. The number of hydrogen-bond donors (Lipinski definition) is 1. The Morgan fingerprint density at radius 1 is 1.33 bits per heavy atom. The van der Waals surface area contributed by atoms with Crippen LogP contribution in [0.25, 0.3) is 0 Å². The van der Waals surface area contributed by atoms with Crippen LogP contribution in [-0.4, -0.2) is 55.9 Å². The number of nitrogens with one attached hydrogen (secondary N) is 1. The second-order valence-electron chi connectivity index (χ2n) is 6.05. The number of halogens is 2. The average molecular weight is 359 g/mol. The van der Waals surface area contributed by atoms with E-state index in [1.165, 1.54) is 12.1 Å². The van der Waals surface area contributed by atoms with Crippen LogP contribution in [-0.2, 0) is 20.8 Å². The van der Waals surface area contributed by atoms with Crippen LogP contribution in [0.1, 0.15) is 18.4 Å². The van der Waals surface area contributed by atoms with E-state index in [0.29, 0.717) is 26.2 Å². The molecule has 1 amide bonds. The van der Waals surface area contributed by atoms with E-state index in [2.05, 4.69) is 5.32 Å². The Balaban J connectivity index is 0.00000208. The van der Waals surface area contributed by atoms with E-state index in [9.17, 15) is 9.18 Å². The first-order valence-corrected chi connectivity index (χ1v) is 8.19. The number of morpholine rings is 1. The summed E-state index contributed by atoms with van der Waals surface area (Å²) in [5.41, 5.74) is 0.778. The zero-order valence-corrected chi connectivity index (χ0v) is 14.4. The van der Waals surface area contributed by atoms with E-state index in [1.807, 2.05) is 6.07 Å². The molecule has 1 aromatic rings. The van der Waals surface area contributed by atoms with E-state index in [0.717, 1.165) is 31.6 Å². The van der Waals surface area contributed by atoms with Gasteiger partial charge in [-0.2, -0.15) is 0 Å². The van der Waals surface area contributed by atoms with Gasteiger partial charge in [0.05, 0.1) is 12.7 Å². The molecule has 2 aliphatic heterocycles. The summed E-state index contributed by atoms with van der Waals surface area (Å²) in [5.74, 6) is -0.348. The molecule has 2 atom stereocenters. The van der Waals surface area contributed by atoms with Crippen LogP contribution in [0.4, 0.5) is 4.39 Å². The van der Waals surface area contributed by atoms with Crippen LogP contribution in [0.3, 0.4) is 0 Å². The van der Waals surface area contributed by atoms with Crippen LogP contribution in [0.15, 0.2) is 24.3 Å². The summed E-state index contributed by atoms with van der Waals surface area (Å²) in [6.45, 7) is 3.45. The van der Waals surface area contributed by atoms with E-state index in [4.69, 9.17) is 9.47 Å². The van der Waals surface area contributed by atoms with Gasteiger partial charge in [-0.05, 0) is 30.5 Å². The lowest BCUT2D eigenvalue weighted by Gasteiger charge is -2.31. The third kappa shape index (κ3) is 5.14. The minimum Gasteiger partial charge on any atom is -0.376 e. The van der Waals surface area contributed by atoms with Crippen molar-refractivity contribution >= 4 is 18.3 Å². The highest BCUT2D eigenvalue weighted by Gasteiger charge is 2.29. The third-order valence-corrected chi connectivity index (χ3v) is 4.23. The molecule has 2 aliphatic rings. The molecular weight excluding hydrogens is 335 g/mol. The molecule has 134 valence electrons. The van der Waals surface area contributed by atoms with Crippen molar-refractivity contribution in [2.45, 2.75) is 31.6 Å². The van der Waals surface area contributed by atoms with Gasteiger partial charge in [0, 0.05) is 32.8 Å². The topological polar surface area (TPSA) is 50.8 Å². The first-order chi connectivity index (χ1) is 11.2. The molecule has 1 aromatic carbocycles. The van der Waals surface area contributed by atoms with E-state index in [1.54, 1.807) is 11.0 Å². The Bertz CT molecular complexity index is 534. The molecule has 3 rings (SSSR count). The number of nitrogens with zero attached hydrogens (tertiary/aromatic N) is 1. The Morgan fingerprint density at radius 3 is 2.88 bits per heavy atom. The zero-order chi connectivity index (χ0) is 16.1. The first kappa shape index (κ1) is 19.1. The van der Waals surface area contributed by atoms with Gasteiger partial charge < -0.3 is 19.7 Å². The summed E-state index contributed by atoms with van der Waals surface area (Å²) in [4.78, 5) is 14.5. The maximum Gasteiger partial charge on any atom is 0.253 e. The second kappa shape index (κ2) is 9.32. The number of ether oxygens (including phenoxy) is 2. The smallest absolute Gasteiger partial charge is 0.253 e. The molecule has 2 saturated heterocycles. The Labute approximate surface area is 147 Å². The summed E-state index contributed by atoms with van der Waals surface area (Å²) >= 11 is 0. The molecule has 0 saturated carbocycles. The number of benzene rings is 1. The van der Waals surface area contributed by atoms with Crippen LogP contribution >= 0.6 is 12.4 Å². The molecule has 24 heavy (non-hydrogen) atoms. The molecule has 2 fully saturated rings. The minimum absolute atomic E-state index is 0. The molecule has 2 heterocycles. The summed E-state index contributed by atoms with van der Waals surface area (Å²) in [6, 6.07) is 6.37. The van der Waals surface area contributed by atoms with Crippen LogP contribution in [0, 0.1) is 5.82 Å². The van der Waals surface area contributed by atoms with E-state index >= 15 is 0 Å². The van der Waals surface area contributed by atoms with Crippen molar-refractivity contribution in [1.82, 2.24) is 10.2 Å². The van der Waals surface area contributed by atoms with Gasteiger partial charge in [0.15, 0.2) is 0 Å². The van der Waals surface area contributed by atoms with Crippen molar-refractivity contribution < 1.29 is 18.7 Å². The van der Waals surface area contributed by atoms with Crippen molar-refractivity contribution in [3.05, 3.63) is 35.6 Å². The first-order valence-electron chi connectivity index (χ1n) is 8.19. The lowest BCUT2D eigenvalue weighted by molar-refractivity contribution is -0.147. The SMILES string of the molecule is Cl.O=C(C1CNCCO1)N(Cc1cccc(F)c1)CC1CCCO1. The molecule has 0 radical (unpaired) electrons. The fraction of sp³-hybridized carbons (Fsp3) is 0.588. The van der Waals surface area contributed by atoms with Gasteiger partial charge in [0.1, 0.15) is 11.9 Å². The average Bonchev–Trinajstić information content (AvgIpc) is 3.07.